The molecule has 0 spiro atoms. The number of unbranched alkanes of at least 4 members (excludes halogenated alkanes) is 8. The van der Waals surface area contributed by atoms with Crippen LogP contribution < -0.4 is 38.2 Å². The predicted molar refractivity (Wildman–Crippen MR) is 155 cm³/mol. The first-order valence-corrected chi connectivity index (χ1v) is 14.3. The number of aryl methyl sites for hydroxylation is 1. The number of ether oxygens (including phenoxy) is 1. The minimum atomic E-state index is 0. The van der Waals surface area contributed by atoms with Crippen molar-refractivity contribution in [1.29, 1.82) is 0 Å². The maximum atomic E-state index is 6.18. The highest BCUT2D eigenvalue weighted by molar-refractivity contribution is 5.69. The SMILES string of the molecule is CCCCCCCN1C(=CC=CC=Cc2oc3ccccc3[n+]2CCCCCCC)Oc2ccccc21.[I-]. The van der Waals surface area contributed by atoms with Gasteiger partial charge in [0.25, 0.3) is 5.52 Å². The summed E-state index contributed by atoms with van der Waals surface area (Å²) >= 11 is 0. The Bertz CT molecular complexity index is 1210. The van der Waals surface area contributed by atoms with Gasteiger partial charge >= 0.3 is 5.89 Å². The van der Waals surface area contributed by atoms with Crippen molar-refractivity contribution in [3.63, 3.8) is 0 Å². The average molecular weight is 627 g/mol. The summed E-state index contributed by atoms with van der Waals surface area (Å²) in [5.41, 5.74) is 3.26. The first-order chi connectivity index (χ1) is 18.3. The van der Waals surface area contributed by atoms with E-state index in [1.165, 1.54) is 64.2 Å². The molecule has 0 saturated carbocycles. The maximum absolute atomic E-state index is 6.18. The quantitative estimate of drug-likeness (QED) is 0.0901. The lowest BCUT2D eigenvalue weighted by Crippen LogP contribution is -3.00. The van der Waals surface area contributed by atoms with Crippen molar-refractivity contribution in [1.82, 2.24) is 0 Å². The summed E-state index contributed by atoms with van der Waals surface area (Å²) in [5.74, 6) is 2.73. The molecule has 0 unspecified atom stereocenters. The number of halogens is 1. The zero-order chi connectivity index (χ0) is 25.7. The molecule has 4 rings (SSSR count). The molecule has 0 atom stereocenters. The number of allylic oxidation sites excluding steroid dienone is 4. The highest BCUT2D eigenvalue weighted by Crippen LogP contribution is 2.38. The first-order valence-electron chi connectivity index (χ1n) is 14.3. The lowest BCUT2D eigenvalue weighted by Gasteiger charge is -2.18. The van der Waals surface area contributed by atoms with Gasteiger partial charge in [0.15, 0.2) is 12.3 Å². The summed E-state index contributed by atoms with van der Waals surface area (Å²) in [4.78, 5) is 2.31. The highest BCUT2D eigenvalue weighted by atomic mass is 127. The number of anilines is 1. The summed E-state index contributed by atoms with van der Waals surface area (Å²) in [7, 11) is 0. The summed E-state index contributed by atoms with van der Waals surface area (Å²) in [5, 5.41) is 0. The van der Waals surface area contributed by atoms with E-state index in [0.29, 0.717) is 0 Å². The molecule has 2 heterocycles. The van der Waals surface area contributed by atoms with Crippen molar-refractivity contribution in [3.8, 4) is 5.75 Å². The van der Waals surface area contributed by atoms with Crippen LogP contribution in [0.15, 0.2) is 83.1 Å². The number of nitrogens with zero attached hydrogens (tertiary/aromatic N) is 2. The van der Waals surface area contributed by atoms with E-state index in [-0.39, 0.29) is 24.0 Å². The second kappa shape index (κ2) is 16.4. The summed E-state index contributed by atoms with van der Waals surface area (Å²) in [6.45, 7) is 6.48. The number of hydrogen-bond acceptors (Lipinski definition) is 3. The number of rotatable bonds is 15. The fourth-order valence-electron chi connectivity index (χ4n) is 4.90. The molecule has 1 aliphatic rings. The van der Waals surface area contributed by atoms with Crippen molar-refractivity contribution in [2.24, 2.45) is 0 Å². The number of benzene rings is 2. The Morgan fingerprint density at radius 3 is 2.29 bits per heavy atom. The Kier molecular flexibility index (Phi) is 13.0. The van der Waals surface area contributed by atoms with Crippen LogP contribution in [0.2, 0.25) is 0 Å². The van der Waals surface area contributed by atoms with E-state index in [4.69, 9.17) is 9.15 Å². The molecule has 38 heavy (non-hydrogen) atoms. The van der Waals surface area contributed by atoms with Gasteiger partial charge in [0.2, 0.25) is 11.5 Å². The van der Waals surface area contributed by atoms with Gasteiger partial charge in [-0.15, -0.1) is 0 Å². The third kappa shape index (κ3) is 8.23. The standard InChI is InChI=1S/C33H43N2O2.HI/c1-3-5-7-9-18-26-34-28-20-14-16-22-30(28)36-32(34)24-12-11-13-25-33-35(27-19-10-8-6-4-2)29-21-15-17-23-31(29)37-33;/h11-17,20-25H,3-10,18-19,26-27H2,1-2H3;1H/q+1;/p-1. The monoisotopic (exact) mass is 626 g/mol. The van der Waals surface area contributed by atoms with Crippen LogP contribution in [0.5, 0.6) is 5.75 Å². The van der Waals surface area contributed by atoms with E-state index in [1.54, 1.807) is 0 Å². The van der Waals surface area contributed by atoms with Crippen LogP contribution in [0.25, 0.3) is 17.2 Å². The molecule has 3 aromatic rings. The summed E-state index contributed by atoms with van der Waals surface area (Å²) in [6, 6.07) is 16.6. The lowest BCUT2D eigenvalue weighted by atomic mass is 10.1. The van der Waals surface area contributed by atoms with Crippen molar-refractivity contribution >= 4 is 22.9 Å². The molecule has 204 valence electrons. The Labute approximate surface area is 246 Å². The van der Waals surface area contributed by atoms with E-state index >= 15 is 0 Å². The van der Waals surface area contributed by atoms with Crippen molar-refractivity contribution < 1.29 is 37.7 Å². The van der Waals surface area contributed by atoms with Gasteiger partial charge in [-0.05, 0) is 37.1 Å². The van der Waals surface area contributed by atoms with Crippen LogP contribution in [0.4, 0.5) is 5.69 Å². The molecule has 0 amide bonds. The fraction of sp³-hybridized carbons (Fsp3) is 0.424. The molecule has 0 bridgehead atoms. The molecule has 0 radical (unpaired) electrons. The van der Waals surface area contributed by atoms with Gasteiger partial charge in [0.05, 0.1) is 11.8 Å². The second-order valence-electron chi connectivity index (χ2n) is 9.86. The van der Waals surface area contributed by atoms with Crippen molar-refractivity contribution in [3.05, 3.63) is 84.6 Å². The largest absolute Gasteiger partial charge is 1.00 e. The Balaban J connectivity index is 0.00000400. The number of oxazole rings is 1. The molecular weight excluding hydrogens is 583 g/mol. The Morgan fingerprint density at radius 1 is 0.763 bits per heavy atom. The fourth-order valence-corrected chi connectivity index (χ4v) is 4.90. The van der Waals surface area contributed by atoms with Crippen LogP contribution in [-0.2, 0) is 6.54 Å². The molecule has 1 aromatic heterocycles. The van der Waals surface area contributed by atoms with Crippen LogP contribution in [-0.4, -0.2) is 6.54 Å². The van der Waals surface area contributed by atoms with Gasteiger partial charge in [-0.2, -0.15) is 4.57 Å². The first kappa shape index (κ1) is 30.0. The van der Waals surface area contributed by atoms with E-state index < -0.39 is 0 Å². The van der Waals surface area contributed by atoms with Gasteiger partial charge in [-0.1, -0.05) is 101 Å². The number of fused-ring (bicyclic) bond motifs is 2. The Hall–Kier alpha value is -2.54. The van der Waals surface area contributed by atoms with Crippen molar-refractivity contribution in [2.75, 3.05) is 11.4 Å². The molecule has 0 aliphatic carbocycles. The van der Waals surface area contributed by atoms with Crippen LogP contribution in [0.1, 0.15) is 83.9 Å². The minimum Gasteiger partial charge on any atom is -1.00 e. The minimum absolute atomic E-state index is 0. The van der Waals surface area contributed by atoms with Gasteiger partial charge < -0.3 is 38.0 Å². The van der Waals surface area contributed by atoms with E-state index in [1.807, 2.05) is 24.3 Å². The van der Waals surface area contributed by atoms with Gasteiger partial charge in [-0.25, -0.2) is 0 Å². The van der Waals surface area contributed by atoms with Crippen LogP contribution in [0.3, 0.4) is 0 Å². The predicted octanol–water partition coefficient (Wildman–Crippen LogP) is 5.97. The molecule has 5 heteroatoms. The average Bonchev–Trinajstić information content (AvgIpc) is 3.46. The maximum Gasteiger partial charge on any atom is 0.374 e. The molecule has 0 fully saturated rings. The molecule has 0 saturated heterocycles. The highest BCUT2D eigenvalue weighted by Gasteiger charge is 2.24. The van der Waals surface area contributed by atoms with E-state index in [2.05, 4.69) is 78.0 Å². The Morgan fingerprint density at radius 2 is 1.47 bits per heavy atom. The van der Waals surface area contributed by atoms with Gasteiger partial charge in [0.1, 0.15) is 0 Å². The molecule has 2 aromatic carbocycles. The van der Waals surface area contributed by atoms with E-state index in [0.717, 1.165) is 47.4 Å². The number of aromatic nitrogens is 1. The van der Waals surface area contributed by atoms with Crippen LogP contribution >= 0.6 is 0 Å². The molecule has 4 nitrogen and oxygen atoms in total. The summed E-state index contributed by atoms with van der Waals surface area (Å²) in [6.07, 6.45) is 22.9. The number of para-hydroxylation sites is 4. The normalized spacial score (nSPS) is 14.1. The van der Waals surface area contributed by atoms with Gasteiger partial charge in [-0.3, -0.25) is 0 Å². The molecule has 0 N–H and O–H groups in total. The zero-order valence-corrected chi connectivity index (χ0v) is 25.2. The van der Waals surface area contributed by atoms with Crippen molar-refractivity contribution in [2.45, 2.75) is 84.6 Å². The smallest absolute Gasteiger partial charge is 0.374 e. The number of hydrogen-bond donors (Lipinski definition) is 0. The second-order valence-corrected chi connectivity index (χ2v) is 9.86. The third-order valence-electron chi connectivity index (χ3n) is 6.94. The molecular formula is C33H43IN2O2. The lowest BCUT2D eigenvalue weighted by molar-refractivity contribution is -0.678. The van der Waals surface area contributed by atoms with E-state index in [9.17, 15) is 0 Å². The molecule has 1 aliphatic heterocycles. The summed E-state index contributed by atoms with van der Waals surface area (Å²) < 4.78 is 14.7. The topological polar surface area (TPSA) is 29.5 Å². The van der Waals surface area contributed by atoms with Gasteiger partial charge in [0, 0.05) is 19.0 Å². The zero-order valence-electron chi connectivity index (χ0n) is 23.1. The third-order valence-corrected chi connectivity index (χ3v) is 6.94. The van der Waals surface area contributed by atoms with Crippen LogP contribution in [0, 0.1) is 0 Å².